The highest BCUT2D eigenvalue weighted by atomic mass is 16.1. The first-order chi connectivity index (χ1) is 16.0. The zero-order chi connectivity index (χ0) is 23.1. The van der Waals surface area contributed by atoms with Gasteiger partial charge in [0.05, 0.1) is 0 Å². The lowest BCUT2D eigenvalue weighted by atomic mass is 9.93. The van der Waals surface area contributed by atoms with Gasteiger partial charge in [0.1, 0.15) is 5.65 Å². The first-order valence-corrected chi connectivity index (χ1v) is 12.2. The van der Waals surface area contributed by atoms with Crippen molar-refractivity contribution in [2.24, 2.45) is 17.6 Å². The summed E-state index contributed by atoms with van der Waals surface area (Å²) >= 11 is 0. The normalized spacial score (nSPS) is 23.5. The van der Waals surface area contributed by atoms with Crippen molar-refractivity contribution >= 4 is 28.4 Å². The van der Waals surface area contributed by atoms with Crippen LogP contribution in [0.3, 0.4) is 0 Å². The number of hydrogen-bond donors (Lipinski definition) is 2. The van der Waals surface area contributed by atoms with Gasteiger partial charge in [0.15, 0.2) is 0 Å². The van der Waals surface area contributed by atoms with Crippen LogP contribution in [0, 0.1) is 18.8 Å². The lowest BCUT2D eigenvalue weighted by molar-refractivity contribution is 0.413. The molecule has 1 aliphatic carbocycles. The van der Waals surface area contributed by atoms with Crippen molar-refractivity contribution in [2.75, 3.05) is 23.3 Å². The second-order valence-electron chi connectivity index (χ2n) is 9.85. The molecule has 0 amide bonds. The van der Waals surface area contributed by atoms with Crippen LogP contribution in [0.5, 0.6) is 0 Å². The smallest absolute Gasteiger partial charge is 0.252 e. The van der Waals surface area contributed by atoms with Crippen LogP contribution in [-0.4, -0.2) is 33.7 Å². The number of fused-ring (bicyclic) bond motifs is 1. The Labute approximate surface area is 195 Å². The second-order valence-corrected chi connectivity index (χ2v) is 9.85. The number of nitrogens with two attached hydrogens (primary N) is 1. The Balaban J connectivity index is 1.41. The number of nitrogens with one attached hydrogen (secondary N) is 1. The highest BCUT2D eigenvalue weighted by Crippen LogP contribution is 2.34. The van der Waals surface area contributed by atoms with E-state index < -0.39 is 0 Å². The van der Waals surface area contributed by atoms with E-state index in [2.05, 4.69) is 53.3 Å². The highest BCUT2D eigenvalue weighted by molar-refractivity contribution is 5.79. The molecule has 1 aromatic carbocycles. The molecular weight excluding hydrogens is 412 g/mol. The van der Waals surface area contributed by atoms with Crippen LogP contribution in [0.25, 0.3) is 11.0 Å². The third-order valence-corrected chi connectivity index (χ3v) is 7.74. The fourth-order valence-electron chi connectivity index (χ4n) is 5.80. The van der Waals surface area contributed by atoms with Gasteiger partial charge in [-0.25, -0.2) is 4.98 Å². The van der Waals surface area contributed by atoms with Gasteiger partial charge in [0.2, 0.25) is 5.95 Å². The Hall–Kier alpha value is -2.93. The molecule has 7 heteroatoms. The van der Waals surface area contributed by atoms with Gasteiger partial charge in [-0.3, -0.25) is 9.36 Å². The topological polar surface area (TPSA) is 89.1 Å². The van der Waals surface area contributed by atoms with Crippen molar-refractivity contribution in [3.05, 3.63) is 52.4 Å². The summed E-state index contributed by atoms with van der Waals surface area (Å²) in [6, 6.07) is 10.8. The summed E-state index contributed by atoms with van der Waals surface area (Å²) in [6.45, 7) is 8.26. The van der Waals surface area contributed by atoms with Gasteiger partial charge in [-0.15, -0.1) is 0 Å². The van der Waals surface area contributed by atoms with E-state index in [9.17, 15) is 4.79 Å². The van der Waals surface area contributed by atoms with Crippen molar-refractivity contribution in [1.29, 1.82) is 0 Å². The maximum absolute atomic E-state index is 12.8. The number of rotatable bonds is 5. The third-order valence-electron chi connectivity index (χ3n) is 7.74. The first-order valence-electron chi connectivity index (χ1n) is 12.2. The molecule has 2 unspecified atom stereocenters. The van der Waals surface area contributed by atoms with Crippen LogP contribution < -0.4 is 21.5 Å². The summed E-state index contributed by atoms with van der Waals surface area (Å²) in [5.74, 6) is 1.63. The molecule has 3 N–H and O–H groups in total. The average molecular weight is 447 g/mol. The van der Waals surface area contributed by atoms with Crippen molar-refractivity contribution in [3.8, 4) is 0 Å². The molecule has 174 valence electrons. The summed E-state index contributed by atoms with van der Waals surface area (Å²) in [5.41, 5.74) is 9.82. The predicted molar refractivity (Wildman–Crippen MR) is 134 cm³/mol. The van der Waals surface area contributed by atoms with E-state index in [0.717, 1.165) is 61.1 Å². The lowest BCUT2D eigenvalue weighted by Crippen LogP contribution is -2.32. The maximum Gasteiger partial charge on any atom is 0.252 e. The molecule has 3 atom stereocenters. The van der Waals surface area contributed by atoms with Gasteiger partial charge in [-0.05, 0) is 74.9 Å². The summed E-state index contributed by atoms with van der Waals surface area (Å²) in [5, 5.41) is 4.27. The molecule has 0 bridgehead atoms. The largest absolute Gasteiger partial charge is 0.368 e. The van der Waals surface area contributed by atoms with Gasteiger partial charge in [0, 0.05) is 47.7 Å². The minimum absolute atomic E-state index is 0.0330. The minimum Gasteiger partial charge on any atom is -0.368 e. The number of hydrogen-bond acceptors (Lipinski definition) is 6. The van der Waals surface area contributed by atoms with Crippen LogP contribution >= 0.6 is 0 Å². The van der Waals surface area contributed by atoms with Gasteiger partial charge >= 0.3 is 0 Å². The van der Waals surface area contributed by atoms with Gasteiger partial charge in [-0.2, -0.15) is 4.98 Å². The summed E-state index contributed by atoms with van der Waals surface area (Å²) in [4.78, 5) is 24.6. The number of aryl methyl sites for hydroxylation is 1. The Morgan fingerprint density at radius 3 is 2.55 bits per heavy atom. The van der Waals surface area contributed by atoms with Crippen molar-refractivity contribution in [2.45, 2.75) is 58.5 Å². The Morgan fingerprint density at radius 1 is 1.15 bits per heavy atom. The van der Waals surface area contributed by atoms with Crippen molar-refractivity contribution in [3.63, 3.8) is 0 Å². The monoisotopic (exact) mass is 446 g/mol. The number of aromatic nitrogens is 3. The SMILES string of the molecule is Cc1cc(=O)n(C2CCCC2)c2nc(Nc3ccc(N4C[C@H](C)C(CN)C4C)cc3)ncc12. The van der Waals surface area contributed by atoms with Crippen LogP contribution in [0.2, 0.25) is 0 Å². The van der Waals surface area contributed by atoms with Gasteiger partial charge in [-0.1, -0.05) is 19.8 Å². The molecule has 3 heterocycles. The fraction of sp³-hybridized carbons (Fsp3) is 0.500. The molecule has 3 aromatic rings. The Morgan fingerprint density at radius 2 is 1.88 bits per heavy atom. The molecule has 2 aliphatic rings. The van der Waals surface area contributed by atoms with E-state index in [-0.39, 0.29) is 11.6 Å². The van der Waals surface area contributed by atoms with Crippen LogP contribution in [0.4, 0.5) is 17.3 Å². The van der Waals surface area contributed by atoms with Crippen LogP contribution in [-0.2, 0) is 0 Å². The molecule has 0 spiro atoms. The number of pyridine rings is 1. The molecular formula is C26H34N6O. The summed E-state index contributed by atoms with van der Waals surface area (Å²) in [6.07, 6.45) is 6.22. The molecule has 5 rings (SSSR count). The number of benzene rings is 1. The first kappa shape index (κ1) is 21.9. The second kappa shape index (κ2) is 8.78. The van der Waals surface area contributed by atoms with E-state index in [1.165, 1.54) is 5.69 Å². The van der Waals surface area contributed by atoms with Gasteiger partial charge < -0.3 is 16.0 Å². The molecule has 2 fully saturated rings. The predicted octanol–water partition coefficient (Wildman–Crippen LogP) is 4.38. The van der Waals surface area contributed by atoms with E-state index in [1.54, 1.807) is 6.07 Å². The Kier molecular flexibility index (Phi) is 5.83. The molecule has 33 heavy (non-hydrogen) atoms. The van der Waals surface area contributed by atoms with Gasteiger partial charge in [0.25, 0.3) is 5.56 Å². The third kappa shape index (κ3) is 3.99. The fourth-order valence-corrected chi connectivity index (χ4v) is 5.80. The zero-order valence-corrected chi connectivity index (χ0v) is 19.8. The summed E-state index contributed by atoms with van der Waals surface area (Å²) < 4.78 is 1.88. The molecule has 1 saturated heterocycles. The lowest BCUT2D eigenvalue weighted by Gasteiger charge is -2.26. The molecule has 1 saturated carbocycles. The maximum atomic E-state index is 12.8. The van der Waals surface area contributed by atoms with E-state index >= 15 is 0 Å². The average Bonchev–Trinajstić information content (AvgIpc) is 3.42. The Bertz CT molecular complexity index is 1200. The van der Waals surface area contributed by atoms with Crippen LogP contribution in [0.15, 0.2) is 41.3 Å². The number of nitrogens with zero attached hydrogens (tertiary/aromatic N) is 4. The van der Waals surface area contributed by atoms with E-state index in [1.807, 2.05) is 17.7 Å². The highest BCUT2D eigenvalue weighted by Gasteiger charge is 2.35. The molecule has 0 radical (unpaired) electrons. The van der Waals surface area contributed by atoms with E-state index in [4.69, 9.17) is 10.7 Å². The van der Waals surface area contributed by atoms with E-state index in [0.29, 0.717) is 23.8 Å². The zero-order valence-electron chi connectivity index (χ0n) is 19.8. The molecule has 1 aliphatic heterocycles. The quantitative estimate of drug-likeness (QED) is 0.605. The van der Waals surface area contributed by atoms with Crippen LogP contribution in [0.1, 0.15) is 51.1 Å². The van der Waals surface area contributed by atoms with Crippen molar-refractivity contribution < 1.29 is 0 Å². The summed E-state index contributed by atoms with van der Waals surface area (Å²) in [7, 11) is 0. The number of anilines is 3. The standard InChI is InChI=1S/C26H34N6O/c1-16-12-24(33)32(21-6-4-5-7-21)25-23(16)14-28-26(30-25)29-19-8-10-20(11-9-19)31-15-17(2)22(13-27)18(31)3/h8-12,14,17-18,21-22H,4-7,13,15,27H2,1-3H3,(H,28,29,30)/t17-,18?,22?/m0/s1. The molecule has 2 aromatic heterocycles. The molecule has 7 nitrogen and oxygen atoms in total. The minimum atomic E-state index is 0.0330. The van der Waals surface area contributed by atoms with Crippen molar-refractivity contribution in [1.82, 2.24) is 14.5 Å².